The van der Waals surface area contributed by atoms with Crippen LogP contribution in [-0.4, -0.2) is 18.3 Å². The Kier molecular flexibility index (Phi) is 4.28. The van der Waals surface area contributed by atoms with Crippen LogP contribution >= 0.6 is 0 Å². The first-order valence-electron chi connectivity index (χ1n) is 7.02. The lowest BCUT2D eigenvalue weighted by Crippen LogP contribution is -2.07. The van der Waals surface area contributed by atoms with E-state index >= 15 is 0 Å². The molecule has 0 saturated heterocycles. The molecule has 0 aromatic heterocycles. The van der Waals surface area contributed by atoms with Gasteiger partial charge in [-0.25, -0.2) is 0 Å². The summed E-state index contributed by atoms with van der Waals surface area (Å²) in [5.74, 6) is 2.31. The molecule has 2 rings (SSSR count). The summed E-state index contributed by atoms with van der Waals surface area (Å²) in [5.41, 5.74) is 3.92. The van der Waals surface area contributed by atoms with Crippen molar-refractivity contribution in [3.8, 4) is 5.75 Å². The van der Waals surface area contributed by atoms with Crippen molar-refractivity contribution in [3.63, 3.8) is 0 Å². The van der Waals surface area contributed by atoms with Gasteiger partial charge in [-0.3, -0.25) is 0 Å². The first-order chi connectivity index (χ1) is 8.67. The van der Waals surface area contributed by atoms with Gasteiger partial charge in [-0.1, -0.05) is 6.07 Å². The molecule has 0 bridgehead atoms. The molecule has 1 aliphatic rings. The van der Waals surface area contributed by atoms with E-state index in [0.717, 1.165) is 18.1 Å². The smallest absolute Gasteiger partial charge is 0.122 e. The average Bonchev–Trinajstić information content (AvgIpc) is 3.15. The summed E-state index contributed by atoms with van der Waals surface area (Å²) in [4.78, 5) is 0. The maximum absolute atomic E-state index is 9.25. The number of aliphatic hydroxyl groups excluding tert-OH is 1. The Hall–Kier alpha value is -1.02. The zero-order chi connectivity index (χ0) is 13.1. The molecular formula is C16H24O2. The first kappa shape index (κ1) is 13.4. The van der Waals surface area contributed by atoms with Crippen molar-refractivity contribution in [3.05, 3.63) is 28.8 Å². The summed E-state index contributed by atoms with van der Waals surface area (Å²) in [6, 6.07) is 4.42. The molecule has 0 aliphatic heterocycles. The summed E-state index contributed by atoms with van der Waals surface area (Å²) >= 11 is 0. The molecule has 2 heteroatoms. The minimum atomic E-state index is 0.285. The lowest BCUT2D eigenvalue weighted by Gasteiger charge is -2.20. The van der Waals surface area contributed by atoms with Crippen LogP contribution < -0.4 is 4.74 Å². The van der Waals surface area contributed by atoms with Crippen LogP contribution in [-0.2, 0) is 0 Å². The van der Waals surface area contributed by atoms with E-state index < -0.39 is 0 Å². The molecule has 0 heterocycles. The highest BCUT2D eigenvalue weighted by atomic mass is 16.5. The summed E-state index contributed by atoms with van der Waals surface area (Å²) in [6.07, 6.45) is 3.52. The van der Waals surface area contributed by atoms with Crippen LogP contribution in [0.2, 0.25) is 0 Å². The van der Waals surface area contributed by atoms with Gasteiger partial charge < -0.3 is 9.84 Å². The standard InChI is InChI=1S/C16H24O2/c1-4-18-16-10-11(2)15(9-12(16)3)14(7-8-17)13-5-6-13/h9-10,13-14,17H,4-8H2,1-3H3. The molecule has 100 valence electrons. The highest BCUT2D eigenvalue weighted by Gasteiger charge is 2.32. The maximum Gasteiger partial charge on any atom is 0.122 e. The second-order valence-corrected chi connectivity index (χ2v) is 5.36. The molecule has 1 atom stereocenters. The first-order valence-corrected chi connectivity index (χ1v) is 7.02. The van der Waals surface area contributed by atoms with Gasteiger partial charge in [0.2, 0.25) is 0 Å². The highest BCUT2D eigenvalue weighted by molar-refractivity contribution is 5.43. The molecular weight excluding hydrogens is 224 g/mol. The van der Waals surface area contributed by atoms with E-state index in [1.54, 1.807) is 0 Å². The van der Waals surface area contributed by atoms with E-state index in [2.05, 4.69) is 26.0 Å². The minimum absolute atomic E-state index is 0.285. The van der Waals surface area contributed by atoms with Gasteiger partial charge in [-0.05, 0) is 74.6 Å². The lowest BCUT2D eigenvalue weighted by atomic mass is 9.87. The van der Waals surface area contributed by atoms with Gasteiger partial charge in [0, 0.05) is 6.61 Å². The summed E-state index contributed by atoms with van der Waals surface area (Å²) in [5, 5.41) is 9.25. The van der Waals surface area contributed by atoms with E-state index in [9.17, 15) is 5.11 Å². The van der Waals surface area contributed by atoms with Crippen molar-refractivity contribution in [2.75, 3.05) is 13.2 Å². The monoisotopic (exact) mass is 248 g/mol. The molecule has 1 aromatic rings. The Morgan fingerprint density at radius 1 is 1.28 bits per heavy atom. The van der Waals surface area contributed by atoms with Crippen LogP contribution in [0.3, 0.4) is 0 Å². The van der Waals surface area contributed by atoms with E-state index in [1.807, 2.05) is 6.92 Å². The number of hydrogen-bond acceptors (Lipinski definition) is 2. The number of ether oxygens (including phenoxy) is 1. The van der Waals surface area contributed by atoms with Crippen molar-refractivity contribution in [2.24, 2.45) is 5.92 Å². The van der Waals surface area contributed by atoms with Crippen molar-refractivity contribution < 1.29 is 9.84 Å². The van der Waals surface area contributed by atoms with Gasteiger partial charge in [0.15, 0.2) is 0 Å². The third-order valence-corrected chi connectivity index (χ3v) is 3.89. The number of hydrogen-bond donors (Lipinski definition) is 1. The molecule has 0 radical (unpaired) electrons. The Labute approximate surface area is 110 Å². The normalized spacial score (nSPS) is 16.7. The van der Waals surface area contributed by atoms with Crippen molar-refractivity contribution in [1.29, 1.82) is 0 Å². The van der Waals surface area contributed by atoms with Gasteiger partial charge in [0.05, 0.1) is 6.61 Å². The lowest BCUT2D eigenvalue weighted by molar-refractivity contribution is 0.269. The molecule has 1 unspecified atom stereocenters. The van der Waals surface area contributed by atoms with Crippen molar-refractivity contribution in [1.82, 2.24) is 0 Å². The van der Waals surface area contributed by atoms with Crippen molar-refractivity contribution in [2.45, 2.75) is 46.0 Å². The third-order valence-electron chi connectivity index (χ3n) is 3.89. The molecule has 1 aromatic carbocycles. The molecule has 0 spiro atoms. The molecule has 1 saturated carbocycles. The summed E-state index contributed by atoms with van der Waals surface area (Å²) in [7, 11) is 0. The molecule has 1 fully saturated rings. The minimum Gasteiger partial charge on any atom is -0.494 e. The highest BCUT2D eigenvalue weighted by Crippen LogP contribution is 2.46. The van der Waals surface area contributed by atoms with Gasteiger partial charge in [0.25, 0.3) is 0 Å². The fourth-order valence-electron chi connectivity index (χ4n) is 2.81. The quantitative estimate of drug-likeness (QED) is 0.834. The number of aryl methyl sites for hydroxylation is 2. The van der Waals surface area contributed by atoms with Crippen LogP contribution in [0.5, 0.6) is 5.75 Å². The Bertz CT molecular complexity index is 408. The zero-order valence-electron chi connectivity index (χ0n) is 11.7. The Balaban J connectivity index is 2.28. The van der Waals surface area contributed by atoms with Gasteiger partial charge in [-0.15, -0.1) is 0 Å². The van der Waals surface area contributed by atoms with Crippen molar-refractivity contribution >= 4 is 0 Å². The second kappa shape index (κ2) is 5.75. The summed E-state index contributed by atoms with van der Waals surface area (Å²) < 4.78 is 5.64. The van der Waals surface area contributed by atoms with Crippen LogP contribution in [0, 0.1) is 19.8 Å². The molecule has 2 nitrogen and oxygen atoms in total. The topological polar surface area (TPSA) is 29.5 Å². The Morgan fingerprint density at radius 3 is 2.56 bits per heavy atom. The van der Waals surface area contributed by atoms with Gasteiger partial charge in [-0.2, -0.15) is 0 Å². The second-order valence-electron chi connectivity index (χ2n) is 5.36. The van der Waals surface area contributed by atoms with Crippen LogP contribution in [0.1, 0.15) is 48.8 Å². The maximum atomic E-state index is 9.25. The fraction of sp³-hybridized carbons (Fsp3) is 0.625. The molecule has 0 amide bonds. The van der Waals surface area contributed by atoms with E-state index in [0.29, 0.717) is 12.5 Å². The van der Waals surface area contributed by atoms with Gasteiger partial charge >= 0.3 is 0 Å². The van der Waals surface area contributed by atoms with Crippen LogP contribution in [0.15, 0.2) is 12.1 Å². The third kappa shape index (κ3) is 2.86. The largest absolute Gasteiger partial charge is 0.494 e. The fourth-order valence-corrected chi connectivity index (χ4v) is 2.81. The average molecular weight is 248 g/mol. The van der Waals surface area contributed by atoms with Crippen LogP contribution in [0.25, 0.3) is 0 Å². The molecule has 18 heavy (non-hydrogen) atoms. The Morgan fingerprint density at radius 2 is 2.00 bits per heavy atom. The number of rotatable bonds is 6. The predicted octanol–water partition coefficient (Wildman–Crippen LogP) is 3.58. The van der Waals surface area contributed by atoms with Crippen LogP contribution in [0.4, 0.5) is 0 Å². The SMILES string of the molecule is CCOc1cc(C)c(C(CCO)C2CC2)cc1C. The predicted molar refractivity (Wildman–Crippen MR) is 74.3 cm³/mol. The zero-order valence-corrected chi connectivity index (χ0v) is 11.7. The van der Waals surface area contributed by atoms with Gasteiger partial charge in [0.1, 0.15) is 5.75 Å². The number of aliphatic hydroxyl groups is 1. The van der Waals surface area contributed by atoms with E-state index in [4.69, 9.17) is 4.74 Å². The number of benzene rings is 1. The summed E-state index contributed by atoms with van der Waals surface area (Å²) in [6.45, 7) is 7.28. The molecule has 1 N–H and O–H groups in total. The van der Waals surface area contributed by atoms with E-state index in [-0.39, 0.29) is 6.61 Å². The molecule has 1 aliphatic carbocycles. The van der Waals surface area contributed by atoms with E-state index in [1.165, 1.54) is 29.5 Å².